The number of amides is 2. The number of likely N-dealkylation sites (tertiary alicyclic amines) is 1. The van der Waals surface area contributed by atoms with E-state index < -0.39 is 0 Å². The van der Waals surface area contributed by atoms with E-state index in [0.717, 1.165) is 48.4 Å². The predicted octanol–water partition coefficient (Wildman–Crippen LogP) is 4.72. The molecule has 0 radical (unpaired) electrons. The smallest absolute Gasteiger partial charge is 0.238 e. The van der Waals surface area contributed by atoms with Crippen LogP contribution >= 0.6 is 0 Å². The molecule has 2 aromatic carbocycles. The first-order chi connectivity index (χ1) is 14.3. The van der Waals surface area contributed by atoms with E-state index in [0.29, 0.717) is 12.5 Å². The highest BCUT2D eigenvalue weighted by atomic mass is 16.2. The molecule has 0 saturated carbocycles. The quantitative estimate of drug-likeness (QED) is 0.729. The number of aryl methyl sites for hydroxylation is 2. The van der Waals surface area contributed by atoms with Crippen molar-refractivity contribution in [3.05, 3.63) is 59.2 Å². The minimum absolute atomic E-state index is 0.00601. The van der Waals surface area contributed by atoms with Crippen molar-refractivity contribution in [1.29, 1.82) is 0 Å². The molecule has 160 valence electrons. The molecular weight excluding hydrogens is 374 g/mol. The molecular formula is C25H33N3O2. The summed E-state index contributed by atoms with van der Waals surface area (Å²) in [6.07, 6.45) is 1.54. The molecule has 0 spiro atoms. The number of carbonyl (C=O) groups is 2. The van der Waals surface area contributed by atoms with E-state index in [2.05, 4.69) is 47.6 Å². The van der Waals surface area contributed by atoms with E-state index in [1.54, 1.807) is 0 Å². The van der Waals surface area contributed by atoms with E-state index in [1.165, 1.54) is 5.56 Å². The van der Waals surface area contributed by atoms with E-state index in [4.69, 9.17) is 0 Å². The van der Waals surface area contributed by atoms with Gasteiger partial charge in [0.1, 0.15) is 0 Å². The van der Waals surface area contributed by atoms with E-state index >= 15 is 0 Å². The Morgan fingerprint density at radius 2 is 1.53 bits per heavy atom. The van der Waals surface area contributed by atoms with E-state index in [-0.39, 0.29) is 17.7 Å². The highest BCUT2D eigenvalue weighted by molar-refractivity contribution is 5.93. The van der Waals surface area contributed by atoms with Crippen LogP contribution in [0.4, 0.5) is 11.4 Å². The maximum Gasteiger partial charge on any atom is 0.238 e. The van der Waals surface area contributed by atoms with Crippen LogP contribution in [0.15, 0.2) is 42.5 Å². The van der Waals surface area contributed by atoms with Crippen LogP contribution in [0.25, 0.3) is 0 Å². The maximum atomic E-state index is 12.6. The second kappa shape index (κ2) is 9.90. The van der Waals surface area contributed by atoms with E-state index in [1.807, 2.05) is 38.1 Å². The molecule has 1 aliphatic heterocycles. The van der Waals surface area contributed by atoms with Gasteiger partial charge in [-0.05, 0) is 86.7 Å². The molecule has 1 saturated heterocycles. The Morgan fingerprint density at radius 3 is 2.10 bits per heavy atom. The fourth-order valence-electron chi connectivity index (χ4n) is 4.00. The monoisotopic (exact) mass is 407 g/mol. The number of benzene rings is 2. The van der Waals surface area contributed by atoms with Gasteiger partial charge in [0.2, 0.25) is 11.8 Å². The van der Waals surface area contributed by atoms with Crippen molar-refractivity contribution in [2.45, 2.75) is 46.5 Å². The van der Waals surface area contributed by atoms with Gasteiger partial charge in [-0.25, -0.2) is 0 Å². The molecule has 3 rings (SSSR count). The SMILES string of the molecule is Cc1cc(C)cc(NC(=O)CN2CCC(C(=O)Nc3ccc(C(C)C)cc3)CC2)c1. The maximum absolute atomic E-state index is 12.6. The molecule has 5 nitrogen and oxygen atoms in total. The van der Waals surface area contributed by atoms with Crippen molar-refractivity contribution in [3.63, 3.8) is 0 Å². The normalized spacial score (nSPS) is 15.2. The Labute approximate surface area is 179 Å². The summed E-state index contributed by atoms with van der Waals surface area (Å²) in [4.78, 5) is 27.1. The van der Waals surface area contributed by atoms with Gasteiger partial charge >= 0.3 is 0 Å². The molecule has 1 fully saturated rings. The highest BCUT2D eigenvalue weighted by Crippen LogP contribution is 2.21. The van der Waals surface area contributed by atoms with Crippen molar-refractivity contribution in [2.75, 3.05) is 30.3 Å². The van der Waals surface area contributed by atoms with Crippen molar-refractivity contribution in [1.82, 2.24) is 4.90 Å². The molecule has 0 bridgehead atoms. The largest absolute Gasteiger partial charge is 0.326 e. The number of hydrogen-bond acceptors (Lipinski definition) is 3. The third-order valence-corrected chi connectivity index (χ3v) is 5.68. The van der Waals surface area contributed by atoms with Gasteiger partial charge in [-0.15, -0.1) is 0 Å². The van der Waals surface area contributed by atoms with Gasteiger partial charge in [0.05, 0.1) is 6.54 Å². The standard InChI is InChI=1S/C25H33N3O2/c1-17(2)20-5-7-22(8-6-20)27-25(30)21-9-11-28(12-10-21)16-24(29)26-23-14-18(3)13-19(4)15-23/h5-8,13-15,17,21H,9-12,16H2,1-4H3,(H,26,29)(H,27,30). The van der Waals surface area contributed by atoms with E-state index in [9.17, 15) is 9.59 Å². The number of carbonyl (C=O) groups excluding carboxylic acids is 2. The zero-order chi connectivity index (χ0) is 21.7. The minimum atomic E-state index is -0.00635. The summed E-state index contributed by atoms with van der Waals surface area (Å²) in [5.41, 5.74) is 5.22. The van der Waals surface area contributed by atoms with Crippen molar-refractivity contribution in [2.24, 2.45) is 5.92 Å². The Hall–Kier alpha value is -2.66. The Morgan fingerprint density at radius 1 is 0.933 bits per heavy atom. The fourth-order valence-corrected chi connectivity index (χ4v) is 4.00. The molecule has 2 N–H and O–H groups in total. The van der Waals surface area contributed by atoms with Gasteiger partial charge < -0.3 is 10.6 Å². The lowest BCUT2D eigenvalue weighted by molar-refractivity contribution is -0.121. The topological polar surface area (TPSA) is 61.4 Å². The molecule has 2 amide bonds. The van der Waals surface area contributed by atoms with Crippen molar-refractivity contribution < 1.29 is 9.59 Å². The van der Waals surface area contributed by atoms with Gasteiger partial charge in [-0.2, -0.15) is 0 Å². The Kier molecular flexibility index (Phi) is 7.27. The summed E-state index contributed by atoms with van der Waals surface area (Å²) in [5, 5.41) is 6.03. The third-order valence-electron chi connectivity index (χ3n) is 5.68. The summed E-state index contributed by atoms with van der Waals surface area (Å²) in [6.45, 7) is 10.2. The van der Waals surface area contributed by atoms with Crippen LogP contribution in [0.1, 0.15) is 49.3 Å². The fraction of sp³-hybridized carbons (Fsp3) is 0.440. The number of hydrogen-bond donors (Lipinski definition) is 2. The number of nitrogens with one attached hydrogen (secondary N) is 2. The first kappa shape index (κ1) is 22.0. The van der Waals surface area contributed by atoms with Crippen LogP contribution in [0, 0.1) is 19.8 Å². The molecule has 1 aliphatic rings. The second-order valence-electron chi connectivity index (χ2n) is 8.74. The van der Waals surface area contributed by atoms with Gasteiger partial charge in [0, 0.05) is 17.3 Å². The van der Waals surface area contributed by atoms with Gasteiger partial charge in [0.15, 0.2) is 0 Å². The lowest BCUT2D eigenvalue weighted by Gasteiger charge is -2.30. The molecule has 0 atom stereocenters. The highest BCUT2D eigenvalue weighted by Gasteiger charge is 2.26. The number of rotatable bonds is 6. The molecule has 0 aliphatic carbocycles. The van der Waals surface area contributed by atoms with Crippen LogP contribution in [0.2, 0.25) is 0 Å². The zero-order valence-corrected chi connectivity index (χ0v) is 18.5. The first-order valence-corrected chi connectivity index (χ1v) is 10.8. The van der Waals surface area contributed by atoms with Crippen molar-refractivity contribution >= 4 is 23.2 Å². The summed E-state index contributed by atoms with van der Waals surface area (Å²) >= 11 is 0. The van der Waals surface area contributed by atoms with Gasteiger partial charge in [-0.1, -0.05) is 32.0 Å². The lowest BCUT2D eigenvalue weighted by Crippen LogP contribution is -2.41. The summed E-state index contributed by atoms with van der Waals surface area (Å²) in [7, 11) is 0. The predicted molar refractivity (Wildman–Crippen MR) is 123 cm³/mol. The molecule has 30 heavy (non-hydrogen) atoms. The Bertz CT molecular complexity index is 862. The van der Waals surface area contributed by atoms with Crippen molar-refractivity contribution in [3.8, 4) is 0 Å². The molecule has 0 aromatic heterocycles. The lowest BCUT2D eigenvalue weighted by atomic mass is 9.95. The van der Waals surface area contributed by atoms with Crippen LogP contribution in [0.5, 0.6) is 0 Å². The average Bonchev–Trinajstić information content (AvgIpc) is 2.68. The Balaban J connectivity index is 1.44. The van der Waals surface area contributed by atoms with Crippen LogP contribution < -0.4 is 10.6 Å². The molecule has 1 heterocycles. The van der Waals surface area contributed by atoms with Gasteiger partial charge in [0.25, 0.3) is 0 Å². The third kappa shape index (κ3) is 6.17. The summed E-state index contributed by atoms with van der Waals surface area (Å²) in [5.74, 6) is 0.541. The summed E-state index contributed by atoms with van der Waals surface area (Å²) in [6, 6.07) is 14.1. The average molecular weight is 408 g/mol. The molecule has 0 unspecified atom stereocenters. The minimum Gasteiger partial charge on any atom is -0.326 e. The summed E-state index contributed by atoms with van der Waals surface area (Å²) < 4.78 is 0. The van der Waals surface area contributed by atoms with Gasteiger partial charge in [-0.3, -0.25) is 14.5 Å². The molecule has 2 aromatic rings. The second-order valence-corrected chi connectivity index (χ2v) is 8.74. The van der Waals surface area contributed by atoms with Crippen LogP contribution in [0.3, 0.4) is 0 Å². The van der Waals surface area contributed by atoms with Crippen LogP contribution in [-0.4, -0.2) is 36.3 Å². The molecule has 5 heteroatoms. The number of piperidine rings is 1. The first-order valence-electron chi connectivity index (χ1n) is 10.8. The van der Waals surface area contributed by atoms with Crippen LogP contribution in [-0.2, 0) is 9.59 Å². The zero-order valence-electron chi connectivity index (χ0n) is 18.5. The number of nitrogens with zero attached hydrogens (tertiary/aromatic N) is 1. The number of anilines is 2.